The van der Waals surface area contributed by atoms with Crippen molar-refractivity contribution in [3.63, 3.8) is 0 Å². The first-order valence-corrected chi connectivity index (χ1v) is 6.84. The molecule has 0 spiro atoms. The predicted octanol–water partition coefficient (Wildman–Crippen LogP) is 3.58. The van der Waals surface area contributed by atoms with E-state index in [1.54, 1.807) is 44.6 Å². The Morgan fingerprint density at radius 1 is 1.23 bits per heavy atom. The van der Waals surface area contributed by atoms with Crippen LogP contribution in [0.1, 0.15) is 5.56 Å². The molecule has 2 aromatic carbocycles. The van der Waals surface area contributed by atoms with Crippen LogP contribution >= 0.6 is 0 Å². The summed E-state index contributed by atoms with van der Waals surface area (Å²) in [4.78, 5) is 0. The average Bonchev–Trinajstić information content (AvgIpc) is 2.54. The van der Waals surface area contributed by atoms with Crippen molar-refractivity contribution in [2.45, 2.75) is 6.42 Å². The summed E-state index contributed by atoms with van der Waals surface area (Å²) in [5.74, 6) is 1.45. The maximum atomic E-state index is 10.1. The number of phenolic OH excluding ortho intramolecular Hbond substituents is 1. The second-order valence-corrected chi connectivity index (χ2v) is 4.65. The van der Waals surface area contributed by atoms with E-state index in [-0.39, 0.29) is 12.5 Å². The summed E-state index contributed by atoms with van der Waals surface area (Å²) in [6, 6.07) is 11.7. The van der Waals surface area contributed by atoms with Gasteiger partial charge in [-0.3, -0.25) is 0 Å². The fourth-order valence-corrected chi connectivity index (χ4v) is 2.20. The molecule has 1 radical (unpaired) electrons. The molecule has 0 atom stereocenters. The molecule has 4 nitrogen and oxygen atoms in total. The Hall–Kier alpha value is -2.46. The Morgan fingerprint density at radius 3 is 2.68 bits per heavy atom. The SMILES string of the molecule is C=CCc1cc(-c2c[c]ccc2O)c(OC)cc1OCOC. The topological polar surface area (TPSA) is 47.9 Å². The molecule has 0 unspecified atom stereocenters. The van der Waals surface area contributed by atoms with Gasteiger partial charge >= 0.3 is 0 Å². The van der Waals surface area contributed by atoms with Crippen molar-refractivity contribution >= 4 is 0 Å². The van der Waals surface area contributed by atoms with Crippen LogP contribution in [0.15, 0.2) is 43.0 Å². The van der Waals surface area contributed by atoms with E-state index >= 15 is 0 Å². The number of phenols is 1. The largest absolute Gasteiger partial charge is 0.507 e. The quantitative estimate of drug-likeness (QED) is 0.627. The number of aromatic hydroxyl groups is 1. The van der Waals surface area contributed by atoms with Crippen molar-refractivity contribution in [2.75, 3.05) is 21.0 Å². The number of rotatable bonds is 7. The second-order valence-electron chi connectivity index (χ2n) is 4.65. The highest BCUT2D eigenvalue weighted by Crippen LogP contribution is 2.39. The Bertz CT molecular complexity index is 650. The van der Waals surface area contributed by atoms with Crippen molar-refractivity contribution in [1.82, 2.24) is 0 Å². The van der Waals surface area contributed by atoms with E-state index in [2.05, 4.69) is 12.6 Å². The smallest absolute Gasteiger partial charge is 0.188 e. The van der Waals surface area contributed by atoms with Crippen LogP contribution in [0.25, 0.3) is 11.1 Å². The fourth-order valence-electron chi connectivity index (χ4n) is 2.20. The van der Waals surface area contributed by atoms with Crippen LogP contribution in [-0.4, -0.2) is 26.1 Å². The van der Waals surface area contributed by atoms with Crippen molar-refractivity contribution < 1.29 is 19.3 Å². The number of hydrogen-bond acceptors (Lipinski definition) is 4. The molecular weight excluding hydrogens is 280 g/mol. The summed E-state index contributed by atoms with van der Waals surface area (Å²) in [5, 5.41) is 10.1. The predicted molar refractivity (Wildman–Crippen MR) is 85.3 cm³/mol. The molecule has 22 heavy (non-hydrogen) atoms. The van der Waals surface area contributed by atoms with E-state index in [1.165, 1.54) is 0 Å². The highest BCUT2D eigenvalue weighted by Gasteiger charge is 2.15. The van der Waals surface area contributed by atoms with Crippen LogP contribution in [-0.2, 0) is 11.2 Å². The molecule has 0 aliphatic carbocycles. The molecule has 0 aliphatic heterocycles. The van der Waals surface area contributed by atoms with Crippen LogP contribution in [0.2, 0.25) is 0 Å². The Morgan fingerprint density at radius 2 is 2.05 bits per heavy atom. The Labute approximate surface area is 130 Å². The summed E-state index contributed by atoms with van der Waals surface area (Å²) in [7, 11) is 3.15. The molecule has 0 aliphatic rings. The number of hydrogen-bond donors (Lipinski definition) is 1. The summed E-state index contributed by atoms with van der Waals surface area (Å²) in [6.45, 7) is 3.92. The third-order valence-corrected chi connectivity index (χ3v) is 3.21. The lowest BCUT2D eigenvalue weighted by molar-refractivity contribution is 0.0504. The molecular formula is C18H19O4. The number of ether oxygens (including phenoxy) is 3. The standard InChI is InChI=1S/C18H19O4/c1-4-7-13-10-15(14-8-5-6-9-16(14)19)18(21-3)11-17(13)22-12-20-2/h4,6,8-11,19H,1,7,12H2,2-3H3. The zero-order valence-electron chi connectivity index (χ0n) is 12.8. The van der Waals surface area contributed by atoms with Gasteiger partial charge in [0.2, 0.25) is 0 Å². The molecule has 0 saturated heterocycles. The van der Waals surface area contributed by atoms with Gasteiger partial charge in [0.1, 0.15) is 17.2 Å². The monoisotopic (exact) mass is 299 g/mol. The summed E-state index contributed by atoms with van der Waals surface area (Å²) < 4.78 is 16.0. The van der Waals surface area contributed by atoms with E-state index in [1.807, 2.05) is 6.07 Å². The minimum absolute atomic E-state index is 0.150. The van der Waals surface area contributed by atoms with Crippen LogP contribution in [0, 0.1) is 6.07 Å². The van der Waals surface area contributed by atoms with E-state index in [0.29, 0.717) is 23.5 Å². The highest BCUT2D eigenvalue weighted by molar-refractivity contribution is 5.77. The number of benzene rings is 2. The van der Waals surface area contributed by atoms with E-state index < -0.39 is 0 Å². The first kappa shape index (κ1) is 15.9. The molecule has 0 aromatic heterocycles. The number of allylic oxidation sites excluding steroid dienone is 1. The van der Waals surface area contributed by atoms with E-state index in [9.17, 15) is 5.11 Å². The summed E-state index contributed by atoms with van der Waals surface area (Å²) >= 11 is 0. The lowest BCUT2D eigenvalue weighted by Gasteiger charge is -2.16. The molecule has 2 rings (SSSR count). The van der Waals surface area contributed by atoms with Crippen molar-refractivity contribution in [2.24, 2.45) is 0 Å². The van der Waals surface area contributed by atoms with Gasteiger partial charge in [0.15, 0.2) is 6.79 Å². The second kappa shape index (κ2) is 7.52. The summed E-state index contributed by atoms with van der Waals surface area (Å²) in [6.07, 6.45) is 2.43. The van der Waals surface area contributed by atoms with Gasteiger partial charge in [-0.15, -0.1) is 6.58 Å². The zero-order valence-corrected chi connectivity index (χ0v) is 12.8. The van der Waals surface area contributed by atoms with Crippen molar-refractivity contribution in [1.29, 1.82) is 0 Å². The maximum absolute atomic E-state index is 10.1. The molecule has 2 aromatic rings. The molecule has 4 heteroatoms. The van der Waals surface area contributed by atoms with Gasteiger partial charge in [0.05, 0.1) is 7.11 Å². The van der Waals surface area contributed by atoms with Gasteiger partial charge in [0, 0.05) is 24.3 Å². The molecule has 1 N–H and O–H groups in total. The van der Waals surface area contributed by atoms with Gasteiger partial charge in [-0.1, -0.05) is 12.1 Å². The van der Waals surface area contributed by atoms with Gasteiger partial charge in [-0.2, -0.15) is 0 Å². The molecule has 0 amide bonds. The van der Waals surface area contributed by atoms with E-state index in [0.717, 1.165) is 11.1 Å². The minimum Gasteiger partial charge on any atom is -0.507 e. The lowest BCUT2D eigenvalue weighted by atomic mass is 9.99. The Balaban J connectivity index is 2.56. The molecule has 0 fully saturated rings. The molecule has 0 bridgehead atoms. The van der Waals surface area contributed by atoms with Gasteiger partial charge in [-0.25, -0.2) is 0 Å². The van der Waals surface area contributed by atoms with Crippen LogP contribution < -0.4 is 9.47 Å². The van der Waals surface area contributed by atoms with Crippen LogP contribution in [0.4, 0.5) is 0 Å². The Kier molecular flexibility index (Phi) is 5.44. The van der Waals surface area contributed by atoms with Gasteiger partial charge < -0.3 is 19.3 Å². The summed E-state index contributed by atoms with van der Waals surface area (Å²) in [5.41, 5.74) is 2.37. The van der Waals surface area contributed by atoms with Crippen LogP contribution in [0.5, 0.6) is 17.2 Å². The van der Waals surface area contributed by atoms with E-state index in [4.69, 9.17) is 14.2 Å². The lowest BCUT2D eigenvalue weighted by Crippen LogP contribution is -2.03. The first-order chi connectivity index (χ1) is 10.7. The van der Waals surface area contributed by atoms with Gasteiger partial charge in [0.25, 0.3) is 0 Å². The van der Waals surface area contributed by atoms with Crippen molar-refractivity contribution in [3.05, 3.63) is 54.6 Å². The highest BCUT2D eigenvalue weighted by atomic mass is 16.7. The molecule has 0 saturated carbocycles. The normalized spacial score (nSPS) is 10.3. The molecule has 115 valence electrons. The average molecular weight is 299 g/mol. The third-order valence-electron chi connectivity index (χ3n) is 3.21. The minimum atomic E-state index is 0.150. The van der Waals surface area contributed by atoms with Gasteiger partial charge in [-0.05, 0) is 36.2 Å². The first-order valence-electron chi connectivity index (χ1n) is 6.84. The van der Waals surface area contributed by atoms with Crippen LogP contribution in [0.3, 0.4) is 0 Å². The number of methoxy groups -OCH3 is 2. The zero-order chi connectivity index (χ0) is 15.9. The fraction of sp³-hybridized carbons (Fsp3) is 0.222. The van der Waals surface area contributed by atoms with Crippen molar-refractivity contribution in [3.8, 4) is 28.4 Å². The molecule has 0 heterocycles. The maximum Gasteiger partial charge on any atom is 0.188 e. The third kappa shape index (κ3) is 3.40.